The number of hydrogen-bond donors (Lipinski definition) is 2. The predicted octanol–water partition coefficient (Wildman–Crippen LogP) is 2.86. The van der Waals surface area contributed by atoms with Crippen molar-refractivity contribution in [2.24, 2.45) is 0 Å². The molecular formula is C17H15ClFN5OS. The summed E-state index contributed by atoms with van der Waals surface area (Å²) < 4.78 is 14.2. The lowest BCUT2D eigenvalue weighted by molar-refractivity contribution is -0.118. The molecule has 2 aromatic carbocycles. The van der Waals surface area contributed by atoms with Gasteiger partial charge in [-0.05, 0) is 29.8 Å². The van der Waals surface area contributed by atoms with Gasteiger partial charge in [-0.25, -0.2) is 9.07 Å². The Hall–Kier alpha value is -2.58. The number of nitrogen functional groups attached to an aromatic ring is 1. The van der Waals surface area contributed by atoms with Crippen LogP contribution in [0.25, 0.3) is 11.4 Å². The first-order valence-electron chi connectivity index (χ1n) is 7.64. The quantitative estimate of drug-likeness (QED) is 0.498. The van der Waals surface area contributed by atoms with Gasteiger partial charge in [0.25, 0.3) is 0 Å². The van der Waals surface area contributed by atoms with E-state index in [1.165, 1.54) is 16.8 Å². The van der Waals surface area contributed by atoms with E-state index in [4.69, 9.17) is 17.4 Å². The van der Waals surface area contributed by atoms with Crippen LogP contribution >= 0.6 is 23.4 Å². The summed E-state index contributed by atoms with van der Waals surface area (Å²) >= 11 is 7.31. The van der Waals surface area contributed by atoms with Crippen LogP contribution in [0.1, 0.15) is 5.56 Å². The summed E-state index contributed by atoms with van der Waals surface area (Å²) in [7, 11) is 0. The molecule has 0 aliphatic carbocycles. The van der Waals surface area contributed by atoms with Crippen molar-refractivity contribution in [3.05, 3.63) is 64.9 Å². The molecule has 0 spiro atoms. The van der Waals surface area contributed by atoms with E-state index in [2.05, 4.69) is 15.5 Å². The highest BCUT2D eigenvalue weighted by molar-refractivity contribution is 7.99. The molecule has 0 atom stereocenters. The second kappa shape index (κ2) is 8.20. The molecule has 0 aliphatic heterocycles. The van der Waals surface area contributed by atoms with Gasteiger partial charge in [-0.3, -0.25) is 4.79 Å². The molecule has 0 unspecified atom stereocenters. The van der Waals surface area contributed by atoms with Crippen molar-refractivity contribution in [1.82, 2.24) is 20.2 Å². The average Bonchev–Trinajstić information content (AvgIpc) is 3.00. The van der Waals surface area contributed by atoms with E-state index >= 15 is 0 Å². The van der Waals surface area contributed by atoms with Crippen molar-refractivity contribution in [3.63, 3.8) is 0 Å². The maximum Gasteiger partial charge on any atom is 0.230 e. The van der Waals surface area contributed by atoms with E-state index in [1.807, 2.05) is 12.1 Å². The lowest BCUT2D eigenvalue weighted by Crippen LogP contribution is -2.25. The van der Waals surface area contributed by atoms with E-state index in [9.17, 15) is 9.18 Å². The zero-order valence-electron chi connectivity index (χ0n) is 13.5. The predicted molar refractivity (Wildman–Crippen MR) is 99.6 cm³/mol. The number of nitrogens with zero attached hydrogens (tertiary/aromatic N) is 3. The van der Waals surface area contributed by atoms with Crippen LogP contribution in [0, 0.1) is 5.82 Å². The van der Waals surface area contributed by atoms with E-state index in [0.29, 0.717) is 28.1 Å². The molecule has 0 bridgehead atoms. The van der Waals surface area contributed by atoms with Crippen molar-refractivity contribution in [2.75, 3.05) is 11.6 Å². The summed E-state index contributed by atoms with van der Waals surface area (Å²) in [4.78, 5) is 12.0. The lowest BCUT2D eigenvalue weighted by atomic mass is 10.2. The number of aromatic nitrogens is 3. The molecule has 1 heterocycles. The maximum absolute atomic E-state index is 12.9. The summed E-state index contributed by atoms with van der Waals surface area (Å²) in [5.41, 5.74) is 1.48. The number of rotatable bonds is 6. The summed E-state index contributed by atoms with van der Waals surface area (Å²) in [6.45, 7) is 0.319. The summed E-state index contributed by atoms with van der Waals surface area (Å²) in [6.07, 6.45) is 0. The number of nitrogens with two attached hydrogens (primary N) is 1. The van der Waals surface area contributed by atoms with Crippen LogP contribution in [0.3, 0.4) is 0 Å². The molecule has 3 rings (SSSR count). The van der Waals surface area contributed by atoms with Crippen LogP contribution in [-0.4, -0.2) is 26.5 Å². The Labute approximate surface area is 158 Å². The molecule has 3 N–H and O–H groups in total. The minimum Gasteiger partial charge on any atom is -0.351 e. The number of halogens is 2. The Bertz CT molecular complexity index is 916. The highest BCUT2D eigenvalue weighted by Crippen LogP contribution is 2.27. The molecule has 6 nitrogen and oxygen atoms in total. The van der Waals surface area contributed by atoms with Gasteiger partial charge < -0.3 is 11.2 Å². The van der Waals surface area contributed by atoms with Crippen LogP contribution in [-0.2, 0) is 11.3 Å². The van der Waals surface area contributed by atoms with Crippen LogP contribution in [0.5, 0.6) is 0 Å². The number of carbonyl (C=O) groups excluding carboxylic acids is 1. The summed E-state index contributed by atoms with van der Waals surface area (Å²) in [5, 5.41) is 11.7. The Morgan fingerprint density at radius 1 is 1.19 bits per heavy atom. The highest BCUT2D eigenvalue weighted by atomic mass is 35.5. The fraction of sp³-hybridized carbons (Fsp3) is 0.118. The lowest BCUT2D eigenvalue weighted by Gasteiger charge is -2.06. The zero-order chi connectivity index (χ0) is 18.5. The molecule has 26 heavy (non-hydrogen) atoms. The number of carbonyl (C=O) groups is 1. The van der Waals surface area contributed by atoms with E-state index in [0.717, 1.165) is 17.3 Å². The van der Waals surface area contributed by atoms with Crippen LogP contribution < -0.4 is 11.2 Å². The van der Waals surface area contributed by atoms with E-state index in [-0.39, 0.29) is 17.5 Å². The smallest absolute Gasteiger partial charge is 0.230 e. The first kappa shape index (κ1) is 18.2. The first-order chi connectivity index (χ1) is 12.5. The highest BCUT2D eigenvalue weighted by Gasteiger charge is 2.15. The molecule has 1 aromatic heterocycles. The first-order valence-corrected chi connectivity index (χ1v) is 9.00. The third-order valence-corrected chi connectivity index (χ3v) is 4.79. The van der Waals surface area contributed by atoms with Crippen molar-refractivity contribution >= 4 is 29.3 Å². The van der Waals surface area contributed by atoms with Gasteiger partial charge in [0.05, 0.1) is 10.8 Å². The monoisotopic (exact) mass is 391 g/mol. The molecule has 0 fully saturated rings. The van der Waals surface area contributed by atoms with E-state index in [1.54, 1.807) is 24.3 Å². The third-order valence-electron chi connectivity index (χ3n) is 3.51. The number of thioether (sulfide) groups is 1. The van der Waals surface area contributed by atoms with Gasteiger partial charge in [-0.2, -0.15) is 0 Å². The SMILES string of the molecule is Nn1c(SCC(=O)NCc2ccc(F)cc2)nnc1-c1ccccc1Cl. The van der Waals surface area contributed by atoms with Crippen LogP contribution in [0.2, 0.25) is 5.02 Å². The molecule has 0 aliphatic rings. The van der Waals surface area contributed by atoms with Crippen LogP contribution in [0.15, 0.2) is 53.7 Å². The molecule has 0 radical (unpaired) electrons. The van der Waals surface area contributed by atoms with Crippen molar-refractivity contribution < 1.29 is 9.18 Å². The van der Waals surface area contributed by atoms with Gasteiger partial charge in [0.15, 0.2) is 5.82 Å². The van der Waals surface area contributed by atoms with Crippen molar-refractivity contribution in [3.8, 4) is 11.4 Å². The standard InChI is InChI=1S/C17H15ClFN5OS/c18-14-4-2-1-3-13(14)16-22-23-17(24(16)20)26-10-15(25)21-9-11-5-7-12(19)8-6-11/h1-8H,9-10,20H2,(H,21,25). The molecule has 9 heteroatoms. The fourth-order valence-corrected chi connectivity index (χ4v) is 3.09. The minimum absolute atomic E-state index is 0.124. The summed E-state index contributed by atoms with van der Waals surface area (Å²) in [6, 6.07) is 13.1. The van der Waals surface area contributed by atoms with Gasteiger partial charge in [0, 0.05) is 12.1 Å². The van der Waals surface area contributed by atoms with Gasteiger partial charge in [0.1, 0.15) is 5.82 Å². The van der Waals surface area contributed by atoms with Gasteiger partial charge in [0.2, 0.25) is 11.1 Å². The Balaban J connectivity index is 1.57. The molecule has 134 valence electrons. The Morgan fingerprint density at radius 2 is 1.92 bits per heavy atom. The number of nitrogens with one attached hydrogen (secondary N) is 1. The number of hydrogen-bond acceptors (Lipinski definition) is 5. The second-order valence-corrected chi connectivity index (χ2v) is 6.70. The number of amides is 1. The second-order valence-electron chi connectivity index (χ2n) is 5.35. The Kier molecular flexibility index (Phi) is 5.75. The third kappa shape index (κ3) is 4.33. The maximum atomic E-state index is 12.9. The largest absolute Gasteiger partial charge is 0.351 e. The van der Waals surface area contributed by atoms with Gasteiger partial charge in [-0.15, -0.1) is 10.2 Å². The van der Waals surface area contributed by atoms with E-state index < -0.39 is 0 Å². The summed E-state index contributed by atoms with van der Waals surface area (Å²) in [5.74, 6) is 6.05. The molecule has 0 saturated carbocycles. The Morgan fingerprint density at radius 3 is 2.65 bits per heavy atom. The topological polar surface area (TPSA) is 85.8 Å². The van der Waals surface area contributed by atoms with Crippen LogP contribution in [0.4, 0.5) is 4.39 Å². The fourth-order valence-electron chi connectivity index (χ4n) is 2.19. The van der Waals surface area contributed by atoms with Gasteiger partial charge >= 0.3 is 0 Å². The van der Waals surface area contributed by atoms with Crippen molar-refractivity contribution in [2.45, 2.75) is 11.7 Å². The molecule has 1 amide bonds. The molecule has 3 aromatic rings. The van der Waals surface area contributed by atoms with Gasteiger partial charge in [-0.1, -0.05) is 47.6 Å². The molecular weight excluding hydrogens is 377 g/mol. The van der Waals surface area contributed by atoms with Crippen molar-refractivity contribution in [1.29, 1.82) is 0 Å². The average molecular weight is 392 g/mol. The normalized spacial score (nSPS) is 10.7. The minimum atomic E-state index is -0.313. The number of benzene rings is 2. The molecule has 0 saturated heterocycles. The zero-order valence-corrected chi connectivity index (χ0v) is 15.1.